The maximum absolute atomic E-state index is 13.3. The first kappa shape index (κ1) is 18.8. The summed E-state index contributed by atoms with van der Waals surface area (Å²) >= 11 is 0. The van der Waals surface area contributed by atoms with Gasteiger partial charge in [0, 0.05) is 39.7 Å². The zero-order valence-electron chi connectivity index (χ0n) is 15.3. The molecule has 0 aromatic heterocycles. The fraction of sp³-hybridized carbons (Fsp3) is 0.600. The number of carbonyl (C=O) groups excluding carboxylic acids is 2. The van der Waals surface area contributed by atoms with Crippen LogP contribution in [0, 0.1) is 11.7 Å². The third-order valence-electron chi connectivity index (χ3n) is 5.50. The molecule has 2 amide bonds. The van der Waals surface area contributed by atoms with Gasteiger partial charge in [0.15, 0.2) is 0 Å². The quantitative estimate of drug-likeness (QED) is 0.807. The molecule has 142 valence electrons. The first-order valence-electron chi connectivity index (χ1n) is 9.40. The Bertz CT molecular complexity index is 644. The molecule has 0 aliphatic carbocycles. The largest absolute Gasteiger partial charge is 0.381 e. The maximum Gasteiger partial charge on any atom is 0.227 e. The fourth-order valence-electron chi connectivity index (χ4n) is 3.86. The second-order valence-corrected chi connectivity index (χ2v) is 7.22. The van der Waals surface area contributed by atoms with Gasteiger partial charge in [0.2, 0.25) is 11.8 Å². The van der Waals surface area contributed by atoms with E-state index >= 15 is 0 Å². The van der Waals surface area contributed by atoms with Gasteiger partial charge in [-0.3, -0.25) is 9.59 Å². The van der Waals surface area contributed by atoms with E-state index in [9.17, 15) is 14.0 Å². The lowest BCUT2D eigenvalue weighted by Gasteiger charge is -2.37. The number of likely N-dealkylation sites (tertiary alicyclic amines) is 2. The molecule has 26 heavy (non-hydrogen) atoms. The van der Waals surface area contributed by atoms with Gasteiger partial charge in [0.05, 0.1) is 12.0 Å². The molecule has 2 aliphatic rings. The summed E-state index contributed by atoms with van der Waals surface area (Å²) in [4.78, 5) is 28.7. The lowest BCUT2D eigenvalue weighted by atomic mass is 9.94. The third kappa shape index (κ3) is 4.61. The minimum absolute atomic E-state index is 0.0866. The molecule has 1 aromatic rings. The molecule has 2 aliphatic heterocycles. The fourth-order valence-corrected chi connectivity index (χ4v) is 3.86. The van der Waals surface area contributed by atoms with Crippen LogP contribution in [0.25, 0.3) is 0 Å². The lowest BCUT2D eigenvalue weighted by Crippen LogP contribution is -2.49. The first-order valence-corrected chi connectivity index (χ1v) is 9.40. The summed E-state index contributed by atoms with van der Waals surface area (Å²) in [6, 6.07) is 6.45. The maximum atomic E-state index is 13.3. The van der Waals surface area contributed by atoms with Crippen LogP contribution >= 0.6 is 0 Å². The molecule has 1 unspecified atom stereocenters. The van der Waals surface area contributed by atoms with Gasteiger partial charge in [-0.1, -0.05) is 12.1 Å². The minimum atomic E-state index is -0.264. The van der Waals surface area contributed by atoms with Crippen molar-refractivity contribution in [1.82, 2.24) is 9.80 Å². The summed E-state index contributed by atoms with van der Waals surface area (Å²) < 4.78 is 18.7. The van der Waals surface area contributed by atoms with Crippen molar-refractivity contribution < 1.29 is 18.7 Å². The van der Waals surface area contributed by atoms with Crippen LogP contribution in [0.5, 0.6) is 0 Å². The highest BCUT2D eigenvalue weighted by Crippen LogP contribution is 2.23. The summed E-state index contributed by atoms with van der Waals surface area (Å²) in [6.07, 6.45) is 3.62. The van der Waals surface area contributed by atoms with Gasteiger partial charge in [-0.2, -0.15) is 0 Å². The van der Waals surface area contributed by atoms with Crippen molar-refractivity contribution in [2.75, 3.05) is 33.3 Å². The number of hydrogen-bond acceptors (Lipinski definition) is 3. The predicted octanol–water partition coefficient (Wildman–Crippen LogP) is 2.24. The topological polar surface area (TPSA) is 49.9 Å². The summed E-state index contributed by atoms with van der Waals surface area (Å²) in [5.41, 5.74) is 0.868. The number of piperidine rings is 2. The Labute approximate surface area is 154 Å². The highest BCUT2D eigenvalue weighted by molar-refractivity contribution is 5.84. The average Bonchev–Trinajstić information content (AvgIpc) is 2.67. The van der Waals surface area contributed by atoms with Crippen molar-refractivity contribution in [3.8, 4) is 0 Å². The molecule has 2 heterocycles. The van der Waals surface area contributed by atoms with Crippen molar-refractivity contribution in [2.45, 2.75) is 38.2 Å². The number of rotatable bonds is 5. The van der Waals surface area contributed by atoms with Crippen molar-refractivity contribution >= 4 is 11.8 Å². The second kappa shape index (κ2) is 8.62. The van der Waals surface area contributed by atoms with E-state index in [1.807, 2.05) is 11.0 Å². The first-order chi connectivity index (χ1) is 12.6. The third-order valence-corrected chi connectivity index (χ3v) is 5.50. The Morgan fingerprint density at radius 3 is 2.73 bits per heavy atom. The Morgan fingerprint density at radius 1 is 1.27 bits per heavy atom. The van der Waals surface area contributed by atoms with Crippen LogP contribution in [0.3, 0.4) is 0 Å². The van der Waals surface area contributed by atoms with Crippen molar-refractivity contribution in [3.63, 3.8) is 0 Å². The molecule has 1 atom stereocenters. The number of carbonyl (C=O) groups is 2. The Hall–Kier alpha value is -1.95. The van der Waals surface area contributed by atoms with Crippen molar-refractivity contribution in [2.24, 2.45) is 5.92 Å². The van der Waals surface area contributed by atoms with Crippen molar-refractivity contribution in [1.29, 1.82) is 0 Å². The van der Waals surface area contributed by atoms with E-state index in [0.29, 0.717) is 32.4 Å². The predicted molar refractivity (Wildman–Crippen MR) is 96.0 cm³/mol. The monoisotopic (exact) mass is 362 g/mol. The van der Waals surface area contributed by atoms with E-state index in [2.05, 4.69) is 0 Å². The standard InChI is InChI=1S/C20H27FN2O3/c1-26-18-8-11-22(12-9-18)20(25)16-5-6-19(24)23(14-16)10-7-15-3-2-4-17(21)13-15/h2-4,13,16,18H,5-12,14H2,1H3. The van der Waals surface area contributed by atoms with E-state index in [1.165, 1.54) is 12.1 Å². The van der Waals surface area contributed by atoms with Gasteiger partial charge >= 0.3 is 0 Å². The molecule has 0 N–H and O–H groups in total. The van der Waals surface area contributed by atoms with Crippen LogP contribution in [0.2, 0.25) is 0 Å². The zero-order valence-corrected chi connectivity index (χ0v) is 15.3. The average molecular weight is 362 g/mol. The Balaban J connectivity index is 1.54. The van der Waals surface area contributed by atoms with Gasteiger partial charge in [-0.15, -0.1) is 0 Å². The molecule has 0 bridgehead atoms. The van der Waals surface area contributed by atoms with Gasteiger partial charge < -0.3 is 14.5 Å². The van der Waals surface area contributed by atoms with E-state index in [4.69, 9.17) is 4.74 Å². The number of ether oxygens (including phenoxy) is 1. The summed E-state index contributed by atoms with van der Waals surface area (Å²) in [7, 11) is 1.71. The highest BCUT2D eigenvalue weighted by atomic mass is 19.1. The van der Waals surface area contributed by atoms with E-state index in [-0.39, 0.29) is 29.7 Å². The second-order valence-electron chi connectivity index (χ2n) is 7.22. The molecular weight excluding hydrogens is 335 g/mol. The number of amides is 2. The van der Waals surface area contributed by atoms with Crippen LogP contribution in [-0.2, 0) is 20.7 Å². The molecule has 5 nitrogen and oxygen atoms in total. The van der Waals surface area contributed by atoms with E-state index in [1.54, 1.807) is 18.1 Å². The molecule has 0 saturated carbocycles. The summed E-state index contributed by atoms with van der Waals surface area (Å²) in [5.74, 6) is -0.148. The van der Waals surface area contributed by atoms with Crippen LogP contribution < -0.4 is 0 Å². The molecule has 3 rings (SSSR count). The summed E-state index contributed by atoms with van der Waals surface area (Å²) in [5, 5.41) is 0. The van der Waals surface area contributed by atoms with Crippen molar-refractivity contribution in [3.05, 3.63) is 35.6 Å². The minimum Gasteiger partial charge on any atom is -0.381 e. The molecule has 2 saturated heterocycles. The van der Waals surface area contributed by atoms with E-state index in [0.717, 1.165) is 31.5 Å². The summed E-state index contributed by atoms with van der Waals surface area (Å²) in [6.45, 7) is 2.45. The molecule has 0 spiro atoms. The molecule has 6 heteroatoms. The molecule has 2 fully saturated rings. The number of hydrogen-bond donors (Lipinski definition) is 0. The smallest absolute Gasteiger partial charge is 0.227 e. The number of halogens is 1. The molecular formula is C20H27FN2O3. The van der Waals surface area contributed by atoms with E-state index < -0.39 is 0 Å². The number of methoxy groups -OCH3 is 1. The lowest BCUT2D eigenvalue weighted by molar-refractivity contribution is -0.144. The van der Waals surface area contributed by atoms with Gasteiger partial charge in [0.1, 0.15) is 5.82 Å². The Morgan fingerprint density at radius 2 is 2.04 bits per heavy atom. The zero-order chi connectivity index (χ0) is 18.5. The van der Waals surface area contributed by atoms with Crippen LogP contribution in [-0.4, -0.2) is 61.0 Å². The molecule has 0 radical (unpaired) electrons. The number of benzene rings is 1. The number of nitrogens with zero attached hydrogens (tertiary/aromatic N) is 2. The normalized spacial score (nSPS) is 21.9. The highest BCUT2D eigenvalue weighted by Gasteiger charge is 2.33. The van der Waals surface area contributed by atoms with Gasteiger partial charge in [-0.05, 0) is 43.4 Å². The van der Waals surface area contributed by atoms with Crippen LogP contribution in [0.4, 0.5) is 4.39 Å². The van der Waals surface area contributed by atoms with Crippen LogP contribution in [0.15, 0.2) is 24.3 Å². The SMILES string of the molecule is COC1CCN(C(=O)C2CCC(=O)N(CCc3cccc(F)c3)C2)CC1. The molecule has 1 aromatic carbocycles. The Kier molecular flexibility index (Phi) is 6.25. The van der Waals surface area contributed by atoms with Crippen LogP contribution in [0.1, 0.15) is 31.2 Å². The van der Waals surface area contributed by atoms with Gasteiger partial charge in [0.25, 0.3) is 0 Å². The van der Waals surface area contributed by atoms with Gasteiger partial charge in [-0.25, -0.2) is 4.39 Å².